The monoisotopic (exact) mass is 294 g/mol. The number of anilines is 3. The summed E-state index contributed by atoms with van der Waals surface area (Å²) < 4.78 is 5.50. The van der Waals surface area contributed by atoms with Gasteiger partial charge in [-0.25, -0.2) is 0 Å². The van der Waals surface area contributed by atoms with Crippen molar-refractivity contribution in [2.75, 3.05) is 42.2 Å². The highest BCUT2D eigenvalue weighted by Gasteiger charge is 2.16. The summed E-state index contributed by atoms with van der Waals surface area (Å²) >= 11 is 0. The molecule has 0 amide bonds. The first kappa shape index (κ1) is 15.8. The molecule has 2 heterocycles. The largest absolute Gasteiger partial charge is 0.379 e. The van der Waals surface area contributed by atoms with Crippen LogP contribution in [0.1, 0.15) is 39.5 Å². The van der Waals surface area contributed by atoms with Crippen LogP contribution in [-0.2, 0) is 4.74 Å². The topological polar surface area (TPSA) is 89.2 Å². The third-order valence-electron chi connectivity index (χ3n) is 3.34. The molecule has 21 heavy (non-hydrogen) atoms. The van der Waals surface area contributed by atoms with E-state index in [1.165, 1.54) is 12.8 Å². The van der Waals surface area contributed by atoms with Gasteiger partial charge in [-0.1, -0.05) is 0 Å². The van der Waals surface area contributed by atoms with Gasteiger partial charge in [-0.05, 0) is 39.5 Å². The normalized spacial score (nSPS) is 14.9. The van der Waals surface area contributed by atoms with E-state index in [0.717, 1.165) is 39.1 Å². The zero-order chi connectivity index (χ0) is 15.1. The van der Waals surface area contributed by atoms with Crippen molar-refractivity contribution in [1.82, 2.24) is 15.0 Å². The summed E-state index contributed by atoms with van der Waals surface area (Å²) in [6, 6.07) is 0. The Morgan fingerprint density at radius 1 is 1.19 bits per heavy atom. The Hall–Kier alpha value is -1.63. The Kier molecular flexibility index (Phi) is 5.98. The number of nitrogens with one attached hydrogen (secondary N) is 1. The highest BCUT2D eigenvalue weighted by Crippen LogP contribution is 2.17. The van der Waals surface area contributed by atoms with Crippen molar-refractivity contribution in [3.8, 4) is 0 Å². The number of nitrogen functional groups attached to an aromatic ring is 1. The summed E-state index contributed by atoms with van der Waals surface area (Å²) in [4.78, 5) is 14.9. The van der Waals surface area contributed by atoms with E-state index in [1.807, 2.05) is 13.8 Å². The minimum Gasteiger partial charge on any atom is -0.379 e. The van der Waals surface area contributed by atoms with Gasteiger partial charge in [0.05, 0.1) is 6.10 Å². The van der Waals surface area contributed by atoms with Crippen molar-refractivity contribution in [2.24, 2.45) is 0 Å². The molecular formula is C14H26N6O. The van der Waals surface area contributed by atoms with Gasteiger partial charge in [0.15, 0.2) is 0 Å². The van der Waals surface area contributed by atoms with Crippen LogP contribution in [0.4, 0.5) is 17.8 Å². The fourth-order valence-electron chi connectivity index (χ4n) is 2.26. The van der Waals surface area contributed by atoms with Crippen LogP contribution in [0.25, 0.3) is 0 Å². The lowest BCUT2D eigenvalue weighted by Crippen LogP contribution is -2.22. The first-order valence-corrected chi connectivity index (χ1v) is 7.77. The maximum atomic E-state index is 5.76. The van der Waals surface area contributed by atoms with Gasteiger partial charge >= 0.3 is 0 Å². The van der Waals surface area contributed by atoms with Gasteiger partial charge in [0.2, 0.25) is 17.8 Å². The number of rotatable bonds is 8. The molecule has 1 saturated heterocycles. The zero-order valence-electron chi connectivity index (χ0n) is 13.0. The van der Waals surface area contributed by atoms with E-state index >= 15 is 0 Å². The number of hydrogen-bond acceptors (Lipinski definition) is 7. The molecule has 7 nitrogen and oxygen atoms in total. The number of nitrogens with zero attached hydrogens (tertiary/aromatic N) is 4. The molecule has 0 saturated carbocycles. The molecule has 0 radical (unpaired) electrons. The van der Waals surface area contributed by atoms with Crippen LogP contribution >= 0.6 is 0 Å². The second-order valence-electron chi connectivity index (χ2n) is 5.56. The summed E-state index contributed by atoms with van der Waals surface area (Å²) in [6.45, 7) is 7.68. The van der Waals surface area contributed by atoms with Gasteiger partial charge in [-0.2, -0.15) is 15.0 Å². The first-order valence-electron chi connectivity index (χ1n) is 7.77. The maximum Gasteiger partial charge on any atom is 0.231 e. The molecule has 7 heteroatoms. The Morgan fingerprint density at radius 2 is 1.95 bits per heavy atom. The summed E-state index contributed by atoms with van der Waals surface area (Å²) in [5.74, 6) is 1.53. The van der Waals surface area contributed by atoms with Gasteiger partial charge in [0.1, 0.15) is 0 Å². The van der Waals surface area contributed by atoms with Gasteiger partial charge in [0, 0.05) is 26.2 Å². The predicted molar refractivity (Wildman–Crippen MR) is 84.5 cm³/mol. The average molecular weight is 294 g/mol. The number of aromatic nitrogens is 3. The van der Waals surface area contributed by atoms with Crippen LogP contribution in [0.5, 0.6) is 0 Å². The molecule has 3 N–H and O–H groups in total. The molecule has 1 aromatic heterocycles. The van der Waals surface area contributed by atoms with Crippen molar-refractivity contribution in [1.29, 1.82) is 0 Å². The third kappa shape index (κ3) is 5.34. The van der Waals surface area contributed by atoms with Gasteiger partial charge in [-0.15, -0.1) is 0 Å². The van der Waals surface area contributed by atoms with E-state index in [0.29, 0.717) is 18.0 Å². The molecule has 0 unspecified atom stereocenters. The molecule has 0 aromatic carbocycles. The Balaban J connectivity index is 1.77. The molecular weight excluding hydrogens is 268 g/mol. The van der Waals surface area contributed by atoms with Crippen molar-refractivity contribution >= 4 is 17.8 Å². The predicted octanol–water partition coefficient (Wildman–Crippen LogP) is 1.67. The highest BCUT2D eigenvalue weighted by atomic mass is 16.5. The molecule has 2 rings (SSSR count). The lowest BCUT2D eigenvalue weighted by molar-refractivity contribution is 0.0765. The van der Waals surface area contributed by atoms with E-state index in [-0.39, 0.29) is 5.95 Å². The van der Waals surface area contributed by atoms with Crippen molar-refractivity contribution in [3.63, 3.8) is 0 Å². The molecule has 1 aliphatic heterocycles. The Morgan fingerprint density at radius 3 is 2.67 bits per heavy atom. The smallest absolute Gasteiger partial charge is 0.231 e. The molecule has 0 spiro atoms. The number of hydrogen-bond donors (Lipinski definition) is 2. The number of nitrogens with two attached hydrogens (primary N) is 1. The van der Waals surface area contributed by atoms with Crippen LogP contribution < -0.4 is 16.0 Å². The Bertz CT molecular complexity index is 433. The summed E-state index contributed by atoms with van der Waals surface area (Å²) in [7, 11) is 0. The van der Waals surface area contributed by atoms with Crippen LogP contribution in [0.2, 0.25) is 0 Å². The number of unbranched alkanes of at least 4 members (excludes halogenated alkanes) is 1. The maximum absolute atomic E-state index is 5.76. The quantitative estimate of drug-likeness (QED) is 0.705. The lowest BCUT2D eigenvalue weighted by Gasteiger charge is -2.16. The highest BCUT2D eigenvalue weighted by molar-refractivity contribution is 5.42. The second-order valence-corrected chi connectivity index (χ2v) is 5.56. The lowest BCUT2D eigenvalue weighted by atomic mass is 10.3. The third-order valence-corrected chi connectivity index (χ3v) is 3.34. The Labute approximate surface area is 126 Å². The summed E-state index contributed by atoms with van der Waals surface area (Å²) in [5.41, 5.74) is 5.76. The van der Waals surface area contributed by atoms with Crippen molar-refractivity contribution in [2.45, 2.75) is 45.6 Å². The average Bonchev–Trinajstić information content (AvgIpc) is 2.96. The molecule has 1 fully saturated rings. The van der Waals surface area contributed by atoms with E-state index in [2.05, 4.69) is 25.2 Å². The minimum atomic E-state index is 0.276. The second kappa shape index (κ2) is 7.97. The van der Waals surface area contributed by atoms with Crippen LogP contribution in [0, 0.1) is 0 Å². The fourth-order valence-corrected chi connectivity index (χ4v) is 2.26. The SMILES string of the molecule is CC(C)OCCCCNc1nc(N)nc(N2CCCC2)n1. The number of ether oxygens (including phenoxy) is 1. The fraction of sp³-hybridized carbons (Fsp3) is 0.786. The van der Waals surface area contributed by atoms with E-state index in [1.54, 1.807) is 0 Å². The van der Waals surface area contributed by atoms with Crippen LogP contribution in [0.15, 0.2) is 0 Å². The first-order chi connectivity index (χ1) is 10.1. The van der Waals surface area contributed by atoms with E-state index < -0.39 is 0 Å². The van der Waals surface area contributed by atoms with Crippen molar-refractivity contribution < 1.29 is 4.74 Å². The van der Waals surface area contributed by atoms with Crippen molar-refractivity contribution in [3.05, 3.63) is 0 Å². The van der Waals surface area contributed by atoms with Crippen LogP contribution in [0.3, 0.4) is 0 Å². The standard InChI is InChI=1S/C14H26N6O/c1-11(2)21-10-6-3-7-16-13-17-12(15)18-14(19-13)20-8-4-5-9-20/h11H,3-10H2,1-2H3,(H3,15,16,17,18,19). The van der Waals surface area contributed by atoms with E-state index in [4.69, 9.17) is 10.5 Å². The van der Waals surface area contributed by atoms with Gasteiger partial charge in [0.25, 0.3) is 0 Å². The molecule has 0 bridgehead atoms. The molecule has 0 atom stereocenters. The molecule has 1 aromatic rings. The molecule has 118 valence electrons. The zero-order valence-corrected chi connectivity index (χ0v) is 13.0. The van der Waals surface area contributed by atoms with Gasteiger partial charge in [-0.3, -0.25) is 0 Å². The molecule has 1 aliphatic rings. The van der Waals surface area contributed by atoms with Gasteiger partial charge < -0.3 is 20.7 Å². The van der Waals surface area contributed by atoms with E-state index in [9.17, 15) is 0 Å². The minimum absolute atomic E-state index is 0.276. The summed E-state index contributed by atoms with van der Waals surface area (Å²) in [5, 5.41) is 3.21. The molecule has 0 aliphatic carbocycles. The summed E-state index contributed by atoms with van der Waals surface area (Å²) in [6.07, 6.45) is 4.69. The van der Waals surface area contributed by atoms with Crippen LogP contribution in [-0.4, -0.2) is 47.3 Å².